The zero-order chi connectivity index (χ0) is 16.7. The van der Waals surface area contributed by atoms with Crippen molar-refractivity contribution in [2.24, 2.45) is 0 Å². The van der Waals surface area contributed by atoms with Gasteiger partial charge in [-0.1, -0.05) is 6.92 Å². The van der Waals surface area contributed by atoms with Crippen LogP contribution in [0, 0.1) is 0 Å². The van der Waals surface area contributed by atoms with Crippen molar-refractivity contribution in [1.82, 2.24) is 9.80 Å². The molecule has 1 saturated heterocycles. The SMILES string of the molecule is CCCN(CCCN1CCN(C)CC1)c1cc(N)ccc1OC. The van der Waals surface area contributed by atoms with Crippen LogP contribution in [0.3, 0.4) is 0 Å². The van der Waals surface area contributed by atoms with Gasteiger partial charge < -0.3 is 25.2 Å². The van der Waals surface area contributed by atoms with Crippen molar-refractivity contribution in [2.45, 2.75) is 19.8 Å². The molecule has 5 nitrogen and oxygen atoms in total. The fraction of sp³-hybridized carbons (Fsp3) is 0.667. The molecule has 23 heavy (non-hydrogen) atoms. The number of hydrogen-bond donors (Lipinski definition) is 1. The molecule has 0 spiro atoms. The summed E-state index contributed by atoms with van der Waals surface area (Å²) < 4.78 is 5.52. The first kappa shape index (κ1) is 17.9. The number of likely N-dealkylation sites (N-methyl/N-ethyl adjacent to an activating group) is 1. The number of ether oxygens (including phenoxy) is 1. The normalized spacial score (nSPS) is 16.5. The Hall–Kier alpha value is -1.46. The Bertz CT molecular complexity index is 472. The second-order valence-electron chi connectivity index (χ2n) is 6.42. The molecule has 0 aromatic heterocycles. The number of anilines is 2. The van der Waals surface area contributed by atoms with Gasteiger partial charge in [0.2, 0.25) is 0 Å². The van der Waals surface area contributed by atoms with E-state index in [0.29, 0.717) is 0 Å². The van der Waals surface area contributed by atoms with Crippen molar-refractivity contribution in [2.75, 3.05) is 70.6 Å². The van der Waals surface area contributed by atoms with Crippen LogP contribution in [0.15, 0.2) is 18.2 Å². The zero-order valence-electron chi connectivity index (χ0n) is 14.9. The molecular formula is C18H32N4O. The van der Waals surface area contributed by atoms with E-state index in [1.165, 1.54) is 39.1 Å². The summed E-state index contributed by atoms with van der Waals surface area (Å²) in [6.07, 6.45) is 2.29. The molecule has 1 aliphatic heterocycles. The third-order valence-electron chi connectivity index (χ3n) is 4.54. The molecule has 1 aliphatic rings. The number of rotatable bonds is 8. The number of nitrogens with two attached hydrogens (primary N) is 1. The fourth-order valence-electron chi connectivity index (χ4n) is 3.13. The molecule has 1 aromatic carbocycles. The van der Waals surface area contributed by atoms with Gasteiger partial charge in [-0.05, 0) is 44.6 Å². The van der Waals surface area contributed by atoms with E-state index >= 15 is 0 Å². The lowest BCUT2D eigenvalue weighted by molar-refractivity contribution is 0.153. The van der Waals surface area contributed by atoms with Crippen molar-refractivity contribution >= 4 is 11.4 Å². The van der Waals surface area contributed by atoms with Crippen molar-refractivity contribution in [3.63, 3.8) is 0 Å². The molecule has 0 bridgehead atoms. The van der Waals surface area contributed by atoms with Crippen LogP contribution < -0.4 is 15.4 Å². The van der Waals surface area contributed by atoms with E-state index in [1.54, 1.807) is 7.11 Å². The summed E-state index contributed by atoms with van der Waals surface area (Å²) in [5, 5.41) is 0. The highest BCUT2D eigenvalue weighted by Crippen LogP contribution is 2.30. The Kier molecular flexibility index (Phi) is 6.99. The van der Waals surface area contributed by atoms with E-state index < -0.39 is 0 Å². The lowest BCUT2D eigenvalue weighted by atomic mass is 10.2. The molecule has 0 atom stereocenters. The number of benzene rings is 1. The van der Waals surface area contributed by atoms with Crippen LogP contribution >= 0.6 is 0 Å². The van der Waals surface area contributed by atoms with Gasteiger partial charge in [0.25, 0.3) is 0 Å². The Morgan fingerprint density at radius 1 is 1.17 bits per heavy atom. The highest BCUT2D eigenvalue weighted by atomic mass is 16.5. The second-order valence-corrected chi connectivity index (χ2v) is 6.42. The summed E-state index contributed by atoms with van der Waals surface area (Å²) in [6, 6.07) is 5.90. The molecule has 1 fully saturated rings. The molecule has 1 aromatic rings. The molecule has 0 saturated carbocycles. The van der Waals surface area contributed by atoms with Crippen molar-refractivity contribution < 1.29 is 4.74 Å². The second kappa shape index (κ2) is 8.99. The van der Waals surface area contributed by atoms with Gasteiger partial charge in [-0.15, -0.1) is 0 Å². The van der Waals surface area contributed by atoms with Gasteiger partial charge in [-0.3, -0.25) is 0 Å². The predicted octanol–water partition coefficient (Wildman–Crippen LogP) is 2.13. The van der Waals surface area contributed by atoms with E-state index in [2.05, 4.69) is 28.7 Å². The first-order chi connectivity index (χ1) is 11.1. The quantitative estimate of drug-likeness (QED) is 0.744. The molecule has 0 amide bonds. The first-order valence-electron chi connectivity index (χ1n) is 8.73. The molecule has 130 valence electrons. The fourth-order valence-corrected chi connectivity index (χ4v) is 3.13. The number of methoxy groups -OCH3 is 1. The van der Waals surface area contributed by atoms with Crippen LogP contribution in [0.1, 0.15) is 19.8 Å². The topological polar surface area (TPSA) is 45.0 Å². The number of nitrogens with zero attached hydrogens (tertiary/aromatic N) is 3. The molecular weight excluding hydrogens is 288 g/mol. The average Bonchev–Trinajstić information content (AvgIpc) is 2.56. The van der Waals surface area contributed by atoms with E-state index in [-0.39, 0.29) is 0 Å². The van der Waals surface area contributed by atoms with E-state index in [4.69, 9.17) is 10.5 Å². The van der Waals surface area contributed by atoms with Gasteiger partial charge in [-0.2, -0.15) is 0 Å². The molecule has 2 N–H and O–H groups in total. The molecule has 1 heterocycles. The third kappa shape index (κ3) is 5.29. The summed E-state index contributed by atoms with van der Waals surface area (Å²) in [5.74, 6) is 0.909. The molecule has 0 aliphatic carbocycles. The highest BCUT2D eigenvalue weighted by molar-refractivity contribution is 5.65. The molecule has 2 rings (SSSR count). The van der Waals surface area contributed by atoms with Crippen LogP contribution in [0.25, 0.3) is 0 Å². The Morgan fingerprint density at radius 2 is 1.91 bits per heavy atom. The van der Waals surface area contributed by atoms with Gasteiger partial charge in [0.15, 0.2) is 0 Å². The standard InChI is InChI=1S/C18H32N4O/c1-4-8-22(17-15-16(19)6-7-18(17)23-3)10-5-9-21-13-11-20(2)12-14-21/h6-7,15H,4-5,8-14,19H2,1-3H3. The summed E-state index contributed by atoms with van der Waals surface area (Å²) in [6.45, 7) is 10.2. The van der Waals surface area contributed by atoms with Gasteiger partial charge in [0, 0.05) is 45.0 Å². The maximum Gasteiger partial charge on any atom is 0.142 e. The van der Waals surface area contributed by atoms with Crippen LogP contribution in [0.2, 0.25) is 0 Å². The minimum Gasteiger partial charge on any atom is -0.495 e. The zero-order valence-corrected chi connectivity index (χ0v) is 14.9. The van der Waals surface area contributed by atoms with E-state index in [1.807, 2.05) is 18.2 Å². The average molecular weight is 320 g/mol. The highest BCUT2D eigenvalue weighted by Gasteiger charge is 2.15. The van der Waals surface area contributed by atoms with Gasteiger partial charge >= 0.3 is 0 Å². The Balaban J connectivity index is 1.92. The van der Waals surface area contributed by atoms with Gasteiger partial charge in [0.05, 0.1) is 12.8 Å². The number of nitrogen functional groups attached to an aromatic ring is 1. The van der Waals surface area contributed by atoms with E-state index in [0.717, 1.165) is 36.6 Å². The van der Waals surface area contributed by atoms with Gasteiger partial charge in [0.1, 0.15) is 5.75 Å². The summed E-state index contributed by atoms with van der Waals surface area (Å²) in [4.78, 5) is 7.38. The summed E-state index contributed by atoms with van der Waals surface area (Å²) in [7, 11) is 3.93. The van der Waals surface area contributed by atoms with Gasteiger partial charge in [-0.25, -0.2) is 0 Å². The van der Waals surface area contributed by atoms with Crippen molar-refractivity contribution in [3.05, 3.63) is 18.2 Å². The number of piperazine rings is 1. The predicted molar refractivity (Wildman–Crippen MR) is 98.5 cm³/mol. The Labute approximate surface area is 141 Å². The largest absolute Gasteiger partial charge is 0.495 e. The summed E-state index contributed by atoms with van der Waals surface area (Å²) >= 11 is 0. The lowest BCUT2D eigenvalue weighted by Crippen LogP contribution is -2.45. The molecule has 0 unspecified atom stereocenters. The van der Waals surface area contributed by atoms with Crippen molar-refractivity contribution in [1.29, 1.82) is 0 Å². The monoisotopic (exact) mass is 320 g/mol. The third-order valence-corrected chi connectivity index (χ3v) is 4.54. The van der Waals surface area contributed by atoms with Crippen LogP contribution in [-0.4, -0.2) is 69.8 Å². The van der Waals surface area contributed by atoms with Crippen LogP contribution in [0.4, 0.5) is 11.4 Å². The minimum atomic E-state index is 0.793. The first-order valence-corrected chi connectivity index (χ1v) is 8.73. The Morgan fingerprint density at radius 3 is 2.57 bits per heavy atom. The lowest BCUT2D eigenvalue weighted by Gasteiger charge is -2.33. The van der Waals surface area contributed by atoms with Crippen LogP contribution in [0.5, 0.6) is 5.75 Å². The number of hydrogen-bond acceptors (Lipinski definition) is 5. The minimum absolute atomic E-state index is 0.793. The summed E-state index contributed by atoms with van der Waals surface area (Å²) in [5.41, 5.74) is 7.89. The van der Waals surface area contributed by atoms with E-state index in [9.17, 15) is 0 Å². The van der Waals surface area contributed by atoms with Crippen molar-refractivity contribution in [3.8, 4) is 5.75 Å². The maximum absolute atomic E-state index is 5.98. The smallest absolute Gasteiger partial charge is 0.142 e. The maximum atomic E-state index is 5.98. The molecule has 5 heteroatoms. The molecule has 0 radical (unpaired) electrons. The van der Waals surface area contributed by atoms with Crippen LogP contribution in [-0.2, 0) is 0 Å².